The Hall–Kier alpha value is -3.31. The summed E-state index contributed by atoms with van der Waals surface area (Å²) in [4.78, 5) is 21.8. The third-order valence-corrected chi connectivity index (χ3v) is 5.26. The zero-order valence-electron chi connectivity index (χ0n) is 15.2. The highest BCUT2D eigenvalue weighted by Crippen LogP contribution is 2.30. The number of hydrogen-bond acceptors (Lipinski definition) is 4. The third kappa shape index (κ3) is 4.15. The van der Waals surface area contributed by atoms with Crippen LogP contribution >= 0.6 is 11.3 Å². The second kappa shape index (κ2) is 8.59. The fourth-order valence-electron chi connectivity index (χ4n) is 2.96. The molecule has 0 aliphatic rings. The first kappa shape index (κ1) is 18.1. The van der Waals surface area contributed by atoms with E-state index in [0.717, 1.165) is 27.5 Å². The van der Waals surface area contributed by atoms with Gasteiger partial charge in [0.25, 0.3) is 5.91 Å². The molecule has 0 aliphatic heterocycles. The van der Waals surface area contributed by atoms with E-state index >= 15 is 0 Å². The molecule has 0 saturated carbocycles. The maximum atomic E-state index is 12.7. The van der Waals surface area contributed by atoms with Crippen LogP contribution in [0.4, 0.5) is 0 Å². The molecule has 0 spiro atoms. The van der Waals surface area contributed by atoms with Crippen LogP contribution in [-0.2, 0) is 6.42 Å². The predicted molar refractivity (Wildman–Crippen MR) is 113 cm³/mol. The summed E-state index contributed by atoms with van der Waals surface area (Å²) in [6.07, 6.45) is 2.46. The molecule has 138 valence electrons. The van der Waals surface area contributed by atoms with Crippen molar-refractivity contribution in [1.29, 1.82) is 0 Å². The quantitative estimate of drug-likeness (QED) is 0.516. The Bertz CT molecular complexity index is 1060. The first-order valence-electron chi connectivity index (χ1n) is 9.10. The Labute approximate surface area is 167 Å². The Morgan fingerprint density at radius 2 is 1.71 bits per heavy atom. The van der Waals surface area contributed by atoms with E-state index in [1.807, 2.05) is 78.2 Å². The Morgan fingerprint density at radius 3 is 2.54 bits per heavy atom. The summed E-state index contributed by atoms with van der Waals surface area (Å²) in [6, 6.07) is 23.5. The van der Waals surface area contributed by atoms with Crippen molar-refractivity contribution in [2.24, 2.45) is 0 Å². The number of nitrogens with zero attached hydrogens (tertiary/aromatic N) is 2. The summed E-state index contributed by atoms with van der Waals surface area (Å²) >= 11 is 1.58. The summed E-state index contributed by atoms with van der Waals surface area (Å²) in [5, 5.41) is 5.94. The molecule has 2 aromatic carbocycles. The number of carbonyl (C=O) groups is 1. The minimum Gasteiger partial charge on any atom is -0.352 e. The van der Waals surface area contributed by atoms with Crippen LogP contribution in [0.15, 0.2) is 84.4 Å². The lowest BCUT2D eigenvalue weighted by molar-refractivity contribution is 0.0954. The third-order valence-electron chi connectivity index (χ3n) is 4.37. The molecule has 1 amide bonds. The number of pyridine rings is 1. The SMILES string of the molecule is O=C(NCCc1ccccn1)c1ccccc1-c1csc(-c2ccccc2)n1. The number of amides is 1. The van der Waals surface area contributed by atoms with Crippen molar-refractivity contribution in [3.8, 4) is 21.8 Å². The Balaban J connectivity index is 1.51. The number of thiazole rings is 1. The van der Waals surface area contributed by atoms with Crippen LogP contribution in [0.1, 0.15) is 16.1 Å². The van der Waals surface area contributed by atoms with E-state index in [0.29, 0.717) is 18.5 Å². The topological polar surface area (TPSA) is 54.9 Å². The van der Waals surface area contributed by atoms with Gasteiger partial charge in [-0.05, 0) is 18.2 Å². The smallest absolute Gasteiger partial charge is 0.251 e. The second-order valence-electron chi connectivity index (χ2n) is 6.28. The maximum absolute atomic E-state index is 12.7. The minimum absolute atomic E-state index is 0.0965. The lowest BCUT2D eigenvalue weighted by Gasteiger charge is -2.09. The van der Waals surface area contributed by atoms with Crippen LogP contribution < -0.4 is 5.32 Å². The molecule has 0 unspecified atom stereocenters. The van der Waals surface area contributed by atoms with Gasteiger partial charge in [0.15, 0.2) is 0 Å². The highest BCUT2D eigenvalue weighted by atomic mass is 32.1. The monoisotopic (exact) mass is 385 g/mol. The molecule has 2 heterocycles. The fourth-order valence-corrected chi connectivity index (χ4v) is 3.79. The van der Waals surface area contributed by atoms with Gasteiger partial charge in [-0.1, -0.05) is 54.6 Å². The number of benzene rings is 2. The van der Waals surface area contributed by atoms with Crippen LogP contribution in [0.3, 0.4) is 0 Å². The molecule has 4 aromatic rings. The molecule has 4 rings (SSSR count). The normalized spacial score (nSPS) is 10.6. The molecule has 0 fully saturated rings. The van der Waals surface area contributed by atoms with Gasteiger partial charge in [0, 0.05) is 46.9 Å². The summed E-state index contributed by atoms with van der Waals surface area (Å²) < 4.78 is 0. The highest BCUT2D eigenvalue weighted by Gasteiger charge is 2.15. The summed E-state index contributed by atoms with van der Waals surface area (Å²) in [5.74, 6) is -0.0965. The zero-order valence-corrected chi connectivity index (χ0v) is 16.0. The van der Waals surface area contributed by atoms with Crippen molar-refractivity contribution in [3.63, 3.8) is 0 Å². The maximum Gasteiger partial charge on any atom is 0.251 e. The molecule has 4 nitrogen and oxygen atoms in total. The second-order valence-corrected chi connectivity index (χ2v) is 7.13. The van der Waals surface area contributed by atoms with Crippen LogP contribution in [0, 0.1) is 0 Å². The molecule has 2 aromatic heterocycles. The fraction of sp³-hybridized carbons (Fsp3) is 0.0870. The van der Waals surface area contributed by atoms with E-state index in [2.05, 4.69) is 10.3 Å². The van der Waals surface area contributed by atoms with Crippen molar-refractivity contribution in [1.82, 2.24) is 15.3 Å². The Kier molecular flexibility index (Phi) is 5.54. The summed E-state index contributed by atoms with van der Waals surface area (Å²) in [5.41, 5.74) is 4.34. The van der Waals surface area contributed by atoms with Crippen molar-refractivity contribution in [3.05, 3.63) is 95.6 Å². The molecule has 0 aliphatic carbocycles. The van der Waals surface area contributed by atoms with E-state index in [9.17, 15) is 4.79 Å². The van der Waals surface area contributed by atoms with Gasteiger partial charge in [-0.2, -0.15) is 0 Å². The molecule has 0 radical (unpaired) electrons. The van der Waals surface area contributed by atoms with Gasteiger partial charge in [0.1, 0.15) is 5.01 Å². The standard InChI is InChI=1S/C23H19N3OS/c27-22(25-15-13-18-10-6-7-14-24-18)20-12-5-4-11-19(20)21-16-28-23(26-21)17-8-2-1-3-9-17/h1-12,14,16H,13,15H2,(H,25,27). The number of hydrogen-bond donors (Lipinski definition) is 1. The van der Waals surface area contributed by atoms with Gasteiger partial charge in [-0.15, -0.1) is 11.3 Å². The summed E-state index contributed by atoms with van der Waals surface area (Å²) in [7, 11) is 0. The largest absolute Gasteiger partial charge is 0.352 e. The van der Waals surface area contributed by atoms with Gasteiger partial charge in [0.05, 0.1) is 5.69 Å². The highest BCUT2D eigenvalue weighted by molar-refractivity contribution is 7.13. The zero-order chi connectivity index (χ0) is 19.2. The first-order chi connectivity index (χ1) is 13.8. The lowest BCUT2D eigenvalue weighted by atomic mass is 10.0. The van der Waals surface area contributed by atoms with Gasteiger partial charge in [-0.3, -0.25) is 9.78 Å². The van der Waals surface area contributed by atoms with Crippen LogP contribution in [-0.4, -0.2) is 22.4 Å². The number of rotatable bonds is 6. The van der Waals surface area contributed by atoms with Gasteiger partial charge < -0.3 is 5.32 Å². The number of aromatic nitrogens is 2. The summed E-state index contributed by atoms with van der Waals surface area (Å²) in [6.45, 7) is 0.538. The predicted octanol–water partition coefficient (Wildman–Crippen LogP) is 4.84. The molecular formula is C23H19N3OS. The van der Waals surface area contributed by atoms with E-state index in [-0.39, 0.29) is 5.91 Å². The van der Waals surface area contributed by atoms with Crippen molar-refractivity contribution < 1.29 is 4.79 Å². The van der Waals surface area contributed by atoms with Crippen LogP contribution in [0.2, 0.25) is 0 Å². The molecule has 0 atom stereocenters. The van der Waals surface area contributed by atoms with Crippen LogP contribution in [0.25, 0.3) is 21.8 Å². The molecule has 28 heavy (non-hydrogen) atoms. The molecule has 0 bridgehead atoms. The number of nitrogens with one attached hydrogen (secondary N) is 1. The van der Waals surface area contributed by atoms with Crippen molar-refractivity contribution in [2.75, 3.05) is 6.54 Å². The van der Waals surface area contributed by atoms with Crippen molar-refractivity contribution in [2.45, 2.75) is 6.42 Å². The van der Waals surface area contributed by atoms with Gasteiger partial charge in [-0.25, -0.2) is 4.98 Å². The van der Waals surface area contributed by atoms with E-state index in [1.54, 1.807) is 17.5 Å². The molecule has 5 heteroatoms. The number of carbonyl (C=O) groups excluding carboxylic acids is 1. The van der Waals surface area contributed by atoms with E-state index in [1.165, 1.54) is 0 Å². The van der Waals surface area contributed by atoms with E-state index in [4.69, 9.17) is 4.98 Å². The Morgan fingerprint density at radius 1 is 0.929 bits per heavy atom. The molecular weight excluding hydrogens is 366 g/mol. The average molecular weight is 385 g/mol. The van der Waals surface area contributed by atoms with E-state index < -0.39 is 0 Å². The molecule has 1 N–H and O–H groups in total. The molecule has 0 saturated heterocycles. The average Bonchev–Trinajstić information content (AvgIpc) is 3.25. The first-order valence-corrected chi connectivity index (χ1v) is 9.98. The lowest BCUT2D eigenvalue weighted by Crippen LogP contribution is -2.26. The van der Waals surface area contributed by atoms with Gasteiger partial charge >= 0.3 is 0 Å². The van der Waals surface area contributed by atoms with Crippen molar-refractivity contribution >= 4 is 17.2 Å². The van der Waals surface area contributed by atoms with Gasteiger partial charge in [0.2, 0.25) is 0 Å². The minimum atomic E-state index is -0.0965. The van der Waals surface area contributed by atoms with Crippen LogP contribution in [0.5, 0.6) is 0 Å².